The van der Waals surface area contributed by atoms with E-state index in [1.54, 1.807) is 36.7 Å². The van der Waals surface area contributed by atoms with Crippen molar-refractivity contribution >= 4 is 23.8 Å². The number of nitrogens with one attached hydrogen (secondary N) is 2. The summed E-state index contributed by atoms with van der Waals surface area (Å²) in [7, 11) is 1.36. The highest BCUT2D eigenvalue weighted by atomic mass is 16.5. The van der Waals surface area contributed by atoms with E-state index in [0.29, 0.717) is 36.8 Å². The van der Waals surface area contributed by atoms with Crippen LogP contribution in [0.3, 0.4) is 0 Å². The van der Waals surface area contributed by atoms with Gasteiger partial charge >= 0.3 is 11.9 Å². The van der Waals surface area contributed by atoms with Gasteiger partial charge in [-0.1, -0.05) is 38.5 Å². The summed E-state index contributed by atoms with van der Waals surface area (Å²) >= 11 is 0. The van der Waals surface area contributed by atoms with Gasteiger partial charge in [0.1, 0.15) is 11.1 Å². The predicted octanol–water partition coefficient (Wildman–Crippen LogP) is 3.29. The summed E-state index contributed by atoms with van der Waals surface area (Å²) in [4.78, 5) is 55.4. The Morgan fingerprint density at radius 1 is 0.757 bits per heavy atom. The molecule has 2 saturated carbocycles. The molecule has 37 heavy (non-hydrogen) atoms. The average Bonchev–Trinajstić information content (AvgIpc) is 2.94. The quantitative estimate of drug-likeness (QED) is 0.502. The van der Waals surface area contributed by atoms with E-state index in [2.05, 4.69) is 20.6 Å². The summed E-state index contributed by atoms with van der Waals surface area (Å²) in [5.74, 6) is -1.95. The van der Waals surface area contributed by atoms with Crippen LogP contribution in [0.15, 0.2) is 49.1 Å². The third-order valence-corrected chi connectivity index (χ3v) is 6.95. The van der Waals surface area contributed by atoms with E-state index in [-0.39, 0.29) is 17.8 Å². The number of hydrogen-bond donors (Lipinski definition) is 3. The first-order chi connectivity index (χ1) is 17.8. The molecule has 2 aliphatic rings. The summed E-state index contributed by atoms with van der Waals surface area (Å²) in [6, 6.07) is 6.65. The zero-order chi connectivity index (χ0) is 26.7. The number of ether oxygens (including phenoxy) is 1. The third-order valence-electron chi connectivity index (χ3n) is 6.95. The molecule has 0 aromatic carbocycles. The van der Waals surface area contributed by atoms with E-state index in [9.17, 15) is 24.3 Å². The molecule has 2 heterocycles. The molecule has 10 heteroatoms. The van der Waals surface area contributed by atoms with Crippen LogP contribution in [-0.4, -0.2) is 57.0 Å². The molecule has 0 atom stereocenters. The molecule has 10 nitrogen and oxygen atoms in total. The summed E-state index contributed by atoms with van der Waals surface area (Å²) in [5, 5.41) is 14.9. The van der Waals surface area contributed by atoms with Gasteiger partial charge in [0.15, 0.2) is 0 Å². The minimum atomic E-state index is -1.11. The third kappa shape index (κ3) is 7.12. The molecule has 0 radical (unpaired) electrons. The molecule has 0 spiro atoms. The van der Waals surface area contributed by atoms with Gasteiger partial charge in [-0.25, -0.2) is 9.59 Å². The second kappa shape index (κ2) is 12.9. The van der Waals surface area contributed by atoms with Gasteiger partial charge in [0.25, 0.3) is 11.8 Å². The fourth-order valence-electron chi connectivity index (χ4n) is 4.85. The van der Waals surface area contributed by atoms with Crippen molar-refractivity contribution in [2.75, 3.05) is 7.11 Å². The molecule has 2 fully saturated rings. The number of carboxylic acid groups (broad SMARTS) is 1. The van der Waals surface area contributed by atoms with Crippen LogP contribution in [0, 0.1) is 0 Å². The van der Waals surface area contributed by atoms with Crippen LogP contribution in [0.5, 0.6) is 0 Å². The molecule has 2 aromatic heterocycles. The molecule has 2 amide bonds. The Morgan fingerprint density at radius 3 is 1.57 bits per heavy atom. The molecule has 198 valence electrons. The lowest BCUT2D eigenvalue weighted by atomic mass is 9.81. The number of methoxy groups -OCH3 is 1. The number of carboxylic acids is 1. The lowest BCUT2D eigenvalue weighted by Gasteiger charge is -2.35. The first kappa shape index (κ1) is 27.8. The van der Waals surface area contributed by atoms with Crippen molar-refractivity contribution in [3.63, 3.8) is 0 Å². The zero-order valence-electron chi connectivity index (χ0n) is 21.1. The maximum absolute atomic E-state index is 12.2. The molecular formula is C27H34N4O6. The minimum Gasteiger partial charge on any atom is -0.480 e. The van der Waals surface area contributed by atoms with E-state index in [0.717, 1.165) is 38.5 Å². The van der Waals surface area contributed by atoms with Crippen molar-refractivity contribution in [1.82, 2.24) is 20.6 Å². The Kier molecular flexibility index (Phi) is 9.71. The molecule has 3 N–H and O–H groups in total. The van der Waals surface area contributed by atoms with Crippen molar-refractivity contribution in [3.8, 4) is 0 Å². The van der Waals surface area contributed by atoms with Gasteiger partial charge in [-0.3, -0.25) is 19.6 Å². The number of aliphatic carboxylic acids is 1. The monoisotopic (exact) mass is 510 g/mol. The second-order valence-corrected chi connectivity index (χ2v) is 9.47. The Bertz CT molecular complexity index is 1060. The van der Waals surface area contributed by atoms with Crippen molar-refractivity contribution in [1.29, 1.82) is 0 Å². The Balaban J connectivity index is 0.000000206. The number of hydrogen-bond acceptors (Lipinski definition) is 7. The molecule has 0 bridgehead atoms. The zero-order valence-corrected chi connectivity index (χ0v) is 21.1. The van der Waals surface area contributed by atoms with Crippen LogP contribution < -0.4 is 10.6 Å². The lowest BCUT2D eigenvalue weighted by Crippen LogP contribution is -2.56. The SMILES string of the molecule is COC(=O)C1(NC(=O)c2cccnc2)CCCCC1.O=C(NC1(C(=O)O)CCCCC1)c1cccnc1. The van der Waals surface area contributed by atoms with Crippen molar-refractivity contribution < 1.29 is 29.0 Å². The highest BCUT2D eigenvalue weighted by Crippen LogP contribution is 2.30. The Hall–Kier alpha value is -3.82. The van der Waals surface area contributed by atoms with Crippen LogP contribution in [0.2, 0.25) is 0 Å². The maximum atomic E-state index is 12.2. The maximum Gasteiger partial charge on any atom is 0.331 e. The van der Waals surface area contributed by atoms with Crippen LogP contribution in [0.25, 0.3) is 0 Å². The average molecular weight is 511 g/mol. The molecule has 2 aromatic rings. The number of carbonyl (C=O) groups excluding carboxylic acids is 3. The number of amides is 2. The second-order valence-electron chi connectivity index (χ2n) is 9.47. The predicted molar refractivity (Wildman–Crippen MR) is 135 cm³/mol. The summed E-state index contributed by atoms with van der Waals surface area (Å²) in [6.07, 6.45) is 14.0. The molecule has 0 unspecified atom stereocenters. The first-order valence-electron chi connectivity index (χ1n) is 12.6. The number of rotatable bonds is 6. The Labute approximate surface area is 216 Å². The standard InChI is InChI=1S/C14H18N2O3.C13H16N2O3/c1-19-13(18)14(7-3-2-4-8-14)16-12(17)11-6-5-9-15-10-11;16-11(10-5-4-8-14-9-10)15-13(12(17)18)6-2-1-3-7-13/h5-6,9-10H,2-4,7-8H2,1H3,(H,16,17);4-5,8-9H,1-3,6-7H2,(H,15,16)(H,17,18). The van der Waals surface area contributed by atoms with E-state index in [4.69, 9.17) is 4.74 Å². The molecule has 0 aliphatic heterocycles. The van der Waals surface area contributed by atoms with Crippen molar-refractivity contribution in [3.05, 3.63) is 60.2 Å². The minimum absolute atomic E-state index is 0.277. The van der Waals surface area contributed by atoms with Crippen LogP contribution in [-0.2, 0) is 14.3 Å². The van der Waals surface area contributed by atoms with Crippen LogP contribution in [0.4, 0.5) is 0 Å². The van der Waals surface area contributed by atoms with Gasteiger partial charge < -0.3 is 20.5 Å². The molecular weight excluding hydrogens is 476 g/mol. The lowest BCUT2D eigenvalue weighted by molar-refractivity contribution is -0.149. The first-order valence-corrected chi connectivity index (χ1v) is 12.6. The van der Waals surface area contributed by atoms with Crippen molar-refractivity contribution in [2.45, 2.75) is 75.3 Å². The van der Waals surface area contributed by atoms with Gasteiger partial charge in [0, 0.05) is 24.8 Å². The topological polar surface area (TPSA) is 148 Å². The molecule has 2 aliphatic carbocycles. The van der Waals surface area contributed by atoms with Gasteiger partial charge in [-0.15, -0.1) is 0 Å². The van der Waals surface area contributed by atoms with Gasteiger partial charge in [0.05, 0.1) is 18.2 Å². The number of aromatic nitrogens is 2. The highest BCUT2D eigenvalue weighted by molar-refractivity contribution is 5.98. The number of carbonyl (C=O) groups is 4. The van der Waals surface area contributed by atoms with E-state index in [1.807, 2.05) is 0 Å². The van der Waals surface area contributed by atoms with E-state index in [1.165, 1.54) is 19.5 Å². The Morgan fingerprint density at radius 2 is 1.19 bits per heavy atom. The number of nitrogens with zero attached hydrogens (tertiary/aromatic N) is 2. The smallest absolute Gasteiger partial charge is 0.331 e. The van der Waals surface area contributed by atoms with Crippen molar-refractivity contribution in [2.24, 2.45) is 0 Å². The number of pyridine rings is 2. The molecule has 0 saturated heterocycles. The highest BCUT2D eigenvalue weighted by Gasteiger charge is 2.42. The fourth-order valence-corrected chi connectivity index (χ4v) is 4.85. The van der Waals surface area contributed by atoms with E-state index >= 15 is 0 Å². The van der Waals surface area contributed by atoms with Gasteiger partial charge in [-0.05, 0) is 49.9 Å². The van der Waals surface area contributed by atoms with Crippen LogP contribution >= 0.6 is 0 Å². The summed E-state index contributed by atoms with van der Waals surface area (Å²) in [5.41, 5.74) is -1.13. The normalized spacial score (nSPS) is 17.8. The molecule has 4 rings (SSSR count). The fraction of sp³-hybridized carbons (Fsp3) is 0.481. The summed E-state index contributed by atoms with van der Waals surface area (Å²) in [6.45, 7) is 0. The van der Waals surface area contributed by atoms with Gasteiger partial charge in [-0.2, -0.15) is 0 Å². The van der Waals surface area contributed by atoms with Gasteiger partial charge in [0.2, 0.25) is 0 Å². The van der Waals surface area contributed by atoms with Crippen LogP contribution in [0.1, 0.15) is 84.9 Å². The number of esters is 1. The summed E-state index contributed by atoms with van der Waals surface area (Å²) < 4.78 is 4.86. The largest absolute Gasteiger partial charge is 0.480 e. The van der Waals surface area contributed by atoms with E-state index < -0.39 is 17.0 Å².